The van der Waals surface area contributed by atoms with E-state index in [2.05, 4.69) is 12.0 Å². The normalized spacial score (nSPS) is 10.4. The lowest BCUT2D eigenvalue weighted by atomic mass is 10.2. The van der Waals surface area contributed by atoms with Gasteiger partial charge in [-0.05, 0) is 12.5 Å². The highest BCUT2D eigenvalue weighted by molar-refractivity contribution is 5.91. The lowest BCUT2D eigenvalue weighted by molar-refractivity contribution is -0.0760. The number of aromatic nitrogens is 2. The number of rotatable bonds is 4. The van der Waals surface area contributed by atoms with Crippen LogP contribution < -0.4 is 0 Å². The van der Waals surface area contributed by atoms with E-state index in [-0.39, 0.29) is 5.91 Å². The van der Waals surface area contributed by atoms with Crippen LogP contribution in [0.1, 0.15) is 29.5 Å². The fourth-order valence-electron chi connectivity index (χ4n) is 1.34. The maximum absolute atomic E-state index is 11.7. The molecule has 5 heteroatoms. The van der Waals surface area contributed by atoms with Crippen LogP contribution in [0.25, 0.3) is 0 Å². The molecule has 1 rings (SSSR count). The summed E-state index contributed by atoms with van der Waals surface area (Å²) in [5.74, 6) is -0.226. The predicted molar refractivity (Wildman–Crippen MR) is 56.3 cm³/mol. The Morgan fingerprint density at radius 1 is 1.67 bits per heavy atom. The van der Waals surface area contributed by atoms with Crippen molar-refractivity contribution >= 4 is 5.91 Å². The number of carbonyl (C=O) groups is 1. The zero-order valence-corrected chi connectivity index (χ0v) is 9.65. The average molecular weight is 211 g/mol. The van der Waals surface area contributed by atoms with Crippen LogP contribution in [0.2, 0.25) is 0 Å². The molecule has 0 bridgehead atoms. The van der Waals surface area contributed by atoms with Crippen LogP contribution in [0.4, 0.5) is 0 Å². The molecule has 0 atom stereocenters. The van der Waals surface area contributed by atoms with Crippen LogP contribution in [0.3, 0.4) is 0 Å². The first kappa shape index (κ1) is 11.7. The largest absolute Gasteiger partial charge is 0.297 e. The third kappa shape index (κ3) is 2.56. The van der Waals surface area contributed by atoms with Gasteiger partial charge >= 0.3 is 0 Å². The zero-order chi connectivity index (χ0) is 11.4. The molecule has 1 aromatic heterocycles. The van der Waals surface area contributed by atoms with E-state index in [1.807, 2.05) is 7.05 Å². The predicted octanol–water partition coefficient (Wildman–Crippen LogP) is 1.01. The van der Waals surface area contributed by atoms with Crippen molar-refractivity contribution in [3.05, 3.63) is 17.5 Å². The summed E-state index contributed by atoms with van der Waals surface area (Å²) in [4.78, 5) is 16.5. The Labute approximate surface area is 89.6 Å². The molecule has 1 amide bonds. The van der Waals surface area contributed by atoms with Gasteiger partial charge in [-0.2, -0.15) is 5.10 Å². The Morgan fingerprint density at radius 2 is 2.33 bits per heavy atom. The summed E-state index contributed by atoms with van der Waals surface area (Å²) >= 11 is 0. The van der Waals surface area contributed by atoms with E-state index in [1.165, 1.54) is 7.11 Å². The fourth-order valence-corrected chi connectivity index (χ4v) is 1.34. The van der Waals surface area contributed by atoms with Crippen LogP contribution in [-0.4, -0.2) is 34.9 Å². The van der Waals surface area contributed by atoms with E-state index < -0.39 is 0 Å². The quantitative estimate of drug-likeness (QED) is 0.698. The third-order valence-corrected chi connectivity index (χ3v) is 2.26. The van der Waals surface area contributed by atoms with Crippen molar-refractivity contribution in [2.45, 2.75) is 19.8 Å². The average Bonchev–Trinajstić information content (AvgIpc) is 2.59. The summed E-state index contributed by atoms with van der Waals surface area (Å²) in [6.45, 7) is 2.09. The Morgan fingerprint density at radius 3 is 2.87 bits per heavy atom. The smallest absolute Gasteiger partial charge is 0.274 e. The molecule has 0 aliphatic carbocycles. The minimum atomic E-state index is -0.226. The van der Waals surface area contributed by atoms with Crippen molar-refractivity contribution in [1.82, 2.24) is 14.8 Å². The molecule has 0 unspecified atom stereocenters. The Hall–Kier alpha value is -1.36. The number of hydrogen-bond donors (Lipinski definition) is 0. The van der Waals surface area contributed by atoms with Crippen molar-refractivity contribution in [2.75, 3.05) is 14.2 Å². The topological polar surface area (TPSA) is 47.4 Å². The van der Waals surface area contributed by atoms with E-state index in [0.29, 0.717) is 5.69 Å². The number of amides is 1. The minimum Gasteiger partial charge on any atom is -0.274 e. The highest BCUT2D eigenvalue weighted by Gasteiger charge is 2.16. The van der Waals surface area contributed by atoms with Crippen molar-refractivity contribution in [3.8, 4) is 0 Å². The summed E-state index contributed by atoms with van der Waals surface area (Å²) < 4.78 is 1.74. The van der Waals surface area contributed by atoms with Gasteiger partial charge in [-0.3, -0.25) is 14.3 Å². The first-order valence-corrected chi connectivity index (χ1v) is 4.95. The van der Waals surface area contributed by atoms with E-state index in [1.54, 1.807) is 17.8 Å². The molecule has 0 aliphatic heterocycles. The molecular weight excluding hydrogens is 194 g/mol. The maximum Gasteiger partial charge on any atom is 0.297 e. The van der Waals surface area contributed by atoms with E-state index in [9.17, 15) is 4.79 Å². The van der Waals surface area contributed by atoms with Gasteiger partial charge in [-0.1, -0.05) is 13.3 Å². The van der Waals surface area contributed by atoms with Gasteiger partial charge in [0.15, 0.2) is 5.69 Å². The summed E-state index contributed by atoms with van der Waals surface area (Å²) in [6, 6.07) is 1.81. The molecule has 1 aromatic rings. The highest BCUT2D eigenvalue weighted by atomic mass is 16.7. The van der Waals surface area contributed by atoms with Crippen LogP contribution >= 0.6 is 0 Å². The summed E-state index contributed by atoms with van der Waals surface area (Å²) in [6.07, 6.45) is 1.96. The van der Waals surface area contributed by atoms with Crippen molar-refractivity contribution < 1.29 is 9.63 Å². The van der Waals surface area contributed by atoms with Crippen LogP contribution in [-0.2, 0) is 18.3 Å². The number of carbonyl (C=O) groups excluding carboxylic acids is 1. The van der Waals surface area contributed by atoms with Crippen molar-refractivity contribution in [1.29, 1.82) is 0 Å². The molecule has 5 nitrogen and oxygen atoms in total. The van der Waals surface area contributed by atoms with Gasteiger partial charge < -0.3 is 0 Å². The lowest BCUT2D eigenvalue weighted by Gasteiger charge is -2.10. The number of aryl methyl sites for hydroxylation is 2. The van der Waals surface area contributed by atoms with Gasteiger partial charge in [-0.15, -0.1) is 0 Å². The molecular formula is C10H17N3O2. The monoisotopic (exact) mass is 211 g/mol. The second kappa shape index (κ2) is 4.93. The van der Waals surface area contributed by atoms with Crippen LogP contribution in [0.15, 0.2) is 6.07 Å². The SMILES string of the molecule is CCCc1cc(C(=O)N(C)OC)nn1C. The highest BCUT2D eigenvalue weighted by Crippen LogP contribution is 2.07. The molecule has 0 spiro atoms. The van der Waals surface area contributed by atoms with Crippen molar-refractivity contribution in [2.24, 2.45) is 7.05 Å². The van der Waals surface area contributed by atoms with Gasteiger partial charge in [0.1, 0.15) is 0 Å². The first-order valence-electron chi connectivity index (χ1n) is 4.95. The second-order valence-electron chi connectivity index (χ2n) is 3.38. The number of hydrogen-bond acceptors (Lipinski definition) is 3. The molecule has 84 valence electrons. The Kier molecular flexibility index (Phi) is 3.85. The summed E-state index contributed by atoms with van der Waals surface area (Å²) in [7, 11) is 4.86. The molecule has 15 heavy (non-hydrogen) atoms. The van der Waals surface area contributed by atoms with E-state index in [4.69, 9.17) is 4.84 Å². The summed E-state index contributed by atoms with van der Waals surface area (Å²) in [5, 5.41) is 5.31. The molecule has 0 fully saturated rings. The fraction of sp³-hybridized carbons (Fsp3) is 0.600. The standard InChI is InChI=1S/C10H17N3O2/c1-5-6-8-7-9(11-12(8)2)10(14)13(3)15-4/h7H,5-6H2,1-4H3. The van der Waals surface area contributed by atoms with Gasteiger partial charge in [-0.25, -0.2) is 5.06 Å². The number of hydroxylamine groups is 2. The molecule has 0 saturated carbocycles. The molecule has 1 heterocycles. The van der Waals surface area contributed by atoms with Crippen molar-refractivity contribution in [3.63, 3.8) is 0 Å². The molecule has 0 N–H and O–H groups in total. The third-order valence-electron chi connectivity index (χ3n) is 2.26. The van der Waals surface area contributed by atoms with Gasteiger partial charge in [0.25, 0.3) is 5.91 Å². The van der Waals surface area contributed by atoms with Gasteiger partial charge in [0.2, 0.25) is 0 Å². The Balaban J connectivity index is 2.87. The van der Waals surface area contributed by atoms with Gasteiger partial charge in [0.05, 0.1) is 7.11 Å². The lowest BCUT2D eigenvalue weighted by Crippen LogP contribution is -2.25. The zero-order valence-electron chi connectivity index (χ0n) is 9.65. The van der Waals surface area contributed by atoms with Crippen LogP contribution in [0, 0.1) is 0 Å². The number of nitrogens with zero attached hydrogens (tertiary/aromatic N) is 3. The minimum absolute atomic E-state index is 0.226. The molecule has 0 aromatic carbocycles. The van der Waals surface area contributed by atoms with E-state index in [0.717, 1.165) is 23.6 Å². The van der Waals surface area contributed by atoms with Gasteiger partial charge in [0, 0.05) is 19.8 Å². The van der Waals surface area contributed by atoms with Crippen LogP contribution in [0.5, 0.6) is 0 Å². The molecule has 0 aliphatic rings. The first-order chi connectivity index (χ1) is 7.10. The second-order valence-corrected chi connectivity index (χ2v) is 3.38. The van der Waals surface area contributed by atoms with E-state index >= 15 is 0 Å². The molecule has 0 radical (unpaired) electrons. The Bertz CT molecular complexity index is 346. The summed E-state index contributed by atoms with van der Waals surface area (Å²) in [5.41, 5.74) is 1.48. The molecule has 0 saturated heterocycles. The maximum atomic E-state index is 11.7.